The summed E-state index contributed by atoms with van der Waals surface area (Å²) in [5, 5.41) is 16.7. The van der Waals surface area contributed by atoms with E-state index in [9.17, 15) is 27.9 Å². The molecule has 5 N–H and O–H groups in total. The highest BCUT2D eigenvalue weighted by Gasteiger charge is 2.32. The molecule has 36 heavy (non-hydrogen) atoms. The Labute approximate surface area is 206 Å². The van der Waals surface area contributed by atoms with Gasteiger partial charge in [-0.1, -0.05) is 36.4 Å². The lowest BCUT2D eigenvalue weighted by atomic mass is 9.81. The predicted molar refractivity (Wildman–Crippen MR) is 128 cm³/mol. The number of hydrogen-bond acceptors (Lipinski definition) is 5. The summed E-state index contributed by atoms with van der Waals surface area (Å²) in [5.74, 6) is -1.92. The Balaban J connectivity index is 1.91. The summed E-state index contributed by atoms with van der Waals surface area (Å²) in [4.78, 5) is 28.6. The van der Waals surface area contributed by atoms with Crippen molar-refractivity contribution in [1.82, 2.24) is 15.6 Å². The van der Waals surface area contributed by atoms with Gasteiger partial charge in [0.2, 0.25) is 5.91 Å². The fourth-order valence-electron chi connectivity index (χ4n) is 4.06. The first-order chi connectivity index (χ1) is 17.1. The summed E-state index contributed by atoms with van der Waals surface area (Å²) in [6.07, 6.45) is -3.30. The van der Waals surface area contributed by atoms with Gasteiger partial charge in [0.1, 0.15) is 0 Å². The highest BCUT2D eigenvalue weighted by atomic mass is 19.4. The maximum absolute atomic E-state index is 13.0. The minimum absolute atomic E-state index is 0.0196. The summed E-state index contributed by atoms with van der Waals surface area (Å²) >= 11 is 0. The number of aliphatic hydroxyl groups is 1. The number of aromatic nitrogens is 1. The van der Waals surface area contributed by atoms with Gasteiger partial charge in [-0.25, -0.2) is 0 Å². The molecule has 1 aromatic heterocycles. The van der Waals surface area contributed by atoms with Crippen LogP contribution in [0.1, 0.15) is 48.9 Å². The number of aliphatic hydroxyl groups excluding tert-OH is 1. The minimum atomic E-state index is -4.52. The molecule has 1 heterocycles. The fraction of sp³-hybridized carbons (Fsp3) is 0.269. The highest BCUT2D eigenvalue weighted by molar-refractivity contribution is 6.01. The quantitative estimate of drug-likeness (QED) is 0.341. The molecule has 10 heteroatoms. The molecule has 0 radical (unpaired) electrons. The number of alkyl halides is 3. The van der Waals surface area contributed by atoms with Gasteiger partial charge >= 0.3 is 6.18 Å². The van der Waals surface area contributed by atoms with E-state index in [1.54, 1.807) is 12.1 Å². The number of carbonyl (C=O) groups excluding carboxylic acids is 2. The Kier molecular flexibility index (Phi) is 8.78. The van der Waals surface area contributed by atoms with Crippen LogP contribution in [0.2, 0.25) is 0 Å². The predicted octanol–water partition coefficient (Wildman–Crippen LogP) is 3.04. The maximum atomic E-state index is 13.0. The number of nitrogens with one attached hydrogen (secondary N) is 2. The van der Waals surface area contributed by atoms with Crippen molar-refractivity contribution < 1.29 is 27.9 Å². The molecule has 3 rings (SSSR count). The number of amides is 2. The van der Waals surface area contributed by atoms with E-state index in [-0.39, 0.29) is 30.6 Å². The van der Waals surface area contributed by atoms with Crippen molar-refractivity contribution in [3.63, 3.8) is 0 Å². The van der Waals surface area contributed by atoms with Crippen molar-refractivity contribution in [2.24, 2.45) is 5.73 Å². The van der Waals surface area contributed by atoms with Gasteiger partial charge in [0.25, 0.3) is 5.91 Å². The smallest absolute Gasteiger partial charge is 0.391 e. The molecule has 0 unspecified atom stereocenters. The number of nitrogens with two attached hydrogens (primary N) is 1. The van der Waals surface area contributed by atoms with Gasteiger partial charge in [-0.2, -0.15) is 13.2 Å². The number of halogens is 3. The SMILES string of the molecule is CNC(=O)c1cccc(C(N)=O)c1[C@H](Cc1ccccc1)[C@@H](O)CNCc1cncc(C(F)(F)F)c1. The van der Waals surface area contributed by atoms with Gasteiger partial charge in [0, 0.05) is 49.6 Å². The Hall–Kier alpha value is -3.76. The van der Waals surface area contributed by atoms with Crippen LogP contribution in [0.25, 0.3) is 0 Å². The number of nitrogens with zero attached hydrogens (tertiary/aromatic N) is 1. The van der Waals surface area contributed by atoms with Crippen LogP contribution in [-0.4, -0.2) is 41.6 Å². The standard InChI is InChI=1S/C26H27F3N4O3/c1-31-25(36)20-9-5-8-19(24(30)35)23(20)21(11-16-6-3-2-4-7-16)22(34)15-33-13-17-10-18(14-32-12-17)26(27,28)29/h2-10,12,14,21-22,33-34H,11,13,15H2,1H3,(H2,30,35)(H,31,36)/t21-,22+/m1/s1. The van der Waals surface area contributed by atoms with Crippen molar-refractivity contribution >= 4 is 11.8 Å². The largest absolute Gasteiger partial charge is 0.417 e. The normalized spacial score (nSPS) is 13.1. The first-order valence-electron chi connectivity index (χ1n) is 11.2. The zero-order valence-corrected chi connectivity index (χ0v) is 19.5. The van der Waals surface area contributed by atoms with Crippen LogP contribution in [0.3, 0.4) is 0 Å². The average molecular weight is 501 g/mol. The first-order valence-corrected chi connectivity index (χ1v) is 11.2. The second kappa shape index (κ2) is 11.8. The summed E-state index contributed by atoms with van der Waals surface area (Å²) in [6.45, 7) is -0.0141. The number of rotatable bonds is 10. The number of pyridine rings is 1. The monoisotopic (exact) mass is 500 g/mol. The summed E-state index contributed by atoms with van der Waals surface area (Å²) in [5.41, 5.74) is 6.52. The molecule has 0 spiro atoms. The van der Waals surface area contributed by atoms with E-state index in [0.717, 1.165) is 17.8 Å². The molecule has 2 aromatic carbocycles. The molecule has 0 bridgehead atoms. The molecule has 0 fully saturated rings. The third kappa shape index (κ3) is 6.67. The maximum Gasteiger partial charge on any atom is 0.417 e. The van der Waals surface area contributed by atoms with Crippen molar-refractivity contribution in [3.05, 3.63) is 100 Å². The topological polar surface area (TPSA) is 117 Å². The van der Waals surface area contributed by atoms with Gasteiger partial charge in [0.15, 0.2) is 0 Å². The van der Waals surface area contributed by atoms with Crippen LogP contribution in [0.15, 0.2) is 67.0 Å². The van der Waals surface area contributed by atoms with Crippen molar-refractivity contribution in [1.29, 1.82) is 0 Å². The van der Waals surface area contributed by atoms with Crippen molar-refractivity contribution in [3.8, 4) is 0 Å². The van der Waals surface area contributed by atoms with Gasteiger partial charge in [-0.05, 0) is 41.3 Å². The van der Waals surface area contributed by atoms with E-state index in [4.69, 9.17) is 5.73 Å². The molecule has 2 atom stereocenters. The van der Waals surface area contributed by atoms with Crippen LogP contribution in [0, 0.1) is 0 Å². The third-order valence-corrected chi connectivity index (χ3v) is 5.78. The zero-order chi connectivity index (χ0) is 26.3. The number of hydrogen-bond donors (Lipinski definition) is 4. The molecule has 0 saturated carbocycles. The molecule has 0 aliphatic carbocycles. The van der Waals surface area contributed by atoms with E-state index < -0.39 is 35.6 Å². The van der Waals surface area contributed by atoms with Crippen molar-refractivity contribution in [2.45, 2.75) is 31.2 Å². The van der Waals surface area contributed by atoms with Gasteiger partial charge in [-0.15, -0.1) is 0 Å². The molecular weight excluding hydrogens is 473 g/mol. The second-order valence-electron chi connectivity index (χ2n) is 8.28. The minimum Gasteiger partial charge on any atom is -0.391 e. The molecule has 7 nitrogen and oxygen atoms in total. The molecule has 3 aromatic rings. The van der Waals surface area contributed by atoms with Gasteiger partial charge < -0.3 is 21.5 Å². The third-order valence-electron chi connectivity index (χ3n) is 5.78. The second-order valence-corrected chi connectivity index (χ2v) is 8.28. The molecule has 0 aliphatic heterocycles. The lowest BCUT2D eigenvalue weighted by Crippen LogP contribution is -2.35. The molecule has 190 valence electrons. The average Bonchev–Trinajstić information content (AvgIpc) is 2.86. The lowest BCUT2D eigenvalue weighted by Gasteiger charge is -2.27. The van der Waals surface area contributed by atoms with E-state index in [0.29, 0.717) is 11.1 Å². The Morgan fingerprint density at radius 1 is 1.03 bits per heavy atom. The van der Waals surface area contributed by atoms with E-state index in [1.165, 1.54) is 19.3 Å². The zero-order valence-electron chi connectivity index (χ0n) is 19.5. The van der Waals surface area contributed by atoms with E-state index in [1.807, 2.05) is 30.3 Å². The summed E-state index contributed by atoms with van der Waals surface area (Å²) in [7, 11) is 1.45. The highest BCUT2D eigenvalue weighted by Crippen LogP contribution is 2.31. The lowest BCUT2D eigenvalue weighted by molar-refractivity contribution is -0.137. The number of carbonyl (C=O) groups is 2. The first kappa shape index (κ1) is 26.8. The molecule has 2 amide bonds. The van der Waals surface area contributed by atoms with Gasteiger partial charge in [-0.3, -0.25) is 14.6 Å². The molecular formula is C26H27F3N4O3. The Bertz CT molecular complexity index is 1200. The van der Waals surface area contributed by atoms with Gasteiger partial charge in [0.05, 0.1) is 11.7 Å². The van der Waals surface area contributed by atoms with Crippen LogP contribution >= 0.6 is 0 Å². The summed E-state index contributed by atoms with van der Waals surface area (Å²) < 4.78 is 39.0. The number of primary amides is 1. The van der Waals surface area contributed by atoms with Crippen LogP contribution in [0.4, 0.5) is 13.2 Å². The Morgan fingerprint density at radius 3 is 2.36 bits per heavy atom. The number of benzene rings is 2. The van der Waals surface area contributed by atoms with Crippen LogP contribution < -0.4 is 16.4 Å². The summed E-state index contributed by atoms with van der Waals surface area (Å²) in [6, 6.07) is 14.8. The van der Waals surface area contributed by atoms with E-state index >= 15 is 0 Å². The molecule has 0 saturated heterocycles. The fourth-order valence-corrected chi connectivity index (χ4v) is 4.06. The van der Waals surface area contributed by atoms with Crippen LogP contribution in [0.5, 0.6) is 0 Å². The van der Waals surface area contributed by atoms with Crippen LogP contribution in [-0.2, 0) is 19.1 Å². The Morgan fingerprint density at radius 2 is 1.72 bits per heavy atom. The van der Waals surface area contributed by atoms with Crippen molar-refractivity contribution in [2.75, 3.05) is 13.6 Å². The van der Waals surface area contributed by atoms with E-state index in [2.05, 4.69) is 15.6 Å². The molecule has 0 aliphatic rings.